The molecule has 4 heteroatoms. The fraction of sp³-hybridized carbons (Fsp3) is 0.143. The lowest BCUT2D eigenvalue weighted by Crippen LogP contribution is -1.99. The van der Waals surface area contributed by atoms with Gasteiger partial charge in [0.25, 0.3) is 0 Å². The summed E-state index contributed by atoms with van der Waals surface area (Å²) in [7, 11) is 0. The first-order valence-corrected chi connectivity index (χ1v) is 3.89. The quantitative estimate of drug-likeness (QED) is 0.744. The summed E-state index contributed by atoms with van der Waals surface area (Å²) in [6, 6.07) is 0. The second kappa shape index (κ2) is 3.30. The van der Waals surface area contributed by atoms with Crippen molar-refractivity contribution in [3.05, 3.63) is 22.7 Å². The SMILES string of the molecule is C=Cc1nc(CC(=O)O)cs1. The molecule has 0 atom stereocenters. The fourth-order valence-electron chi connectivity index (χ4n) is 0.653. The molecule has 0 amide bonds. The Balaban J connectivity index is 2.72. The summed E-state index contributed by atoms with van der Waals surface area (Å²) in [6.45, 7) is 3.52. The molecule has 1 heterocycles. The van der Waals surface area contributed by atoms with E-state index in [1.165, 1.54) is 11.3 Å². The van der Waals surface area contributed by atoms with E-state index < -0.39 is 5.97 Å². The van der Waals surface area contributed by atoms with Gasteiger partial charge in [-0.1, -0.05) is 6.58 Å². The minimum atomic E-state index is -0.856. The summed E-state index contributed by atoms with van der Waals surface area (Å²) in [5.74, 6) is -0.856. The molecule has 0 radical (unpaired) electrons. The second-order valence-corrected chi connectivity index (χ2v) is 2.84. The predicted octanol–water partition coefficient (Wildman–Crippen LogP) is 1.41. The summed E-state index contributed by atoms with van der Waals surface area (Å²) >= 11 is 1.40. The van der Waals surface area contributed by atoms with E-state index in [0.29, 0.717) is 5.69 Å². The van der Waals surface area contributed by atoms with Crippen molar-refractivity contribution in [2.24, 2.45) is 0 Å². The van der Waals surface area contributed by atoms with E-state index in [0.717, 1.165) is 5.01 Å². The standard InChI is InChI=1S/C7H7NO2S/c1-2-6-8-5(4-11-6)3-7(9)10/h2,4H,1,3H2,(H,9,10). The number of aromatic nitrogens is 1. The molecule has 3 nitrogen and oxygen atoms in total. The van der Waals surface area contributed by atoms with Crippen LogP contribution in [0.4, 0.5) is 0 Å². The van der Waals surface area contributed by atoms with E-state index in [9.17, 15) is 4.79 Å². The third-order valence-corrected chi connectivity index (χ3v) is 1.97. The van der Waals surface area contributed by atoms with Crippen LogP contribution >= 0.6 is 11.3 Å². The maximum atomic E-state index is 10.2. The Morgan fingerprint density at radius 3 is 3.09 bits per heavy atom. The van der Waals surface area contributed by atoms with Crippen LogP contribution in [0.1, 0.15) is 10.7 Å². The highest BCUT2D eigenvalue weighted by atomic mass is 32.1. The largest absolute Gasteiger partial charge is 0.481 e. The Kier molecular flexibility index (Phi) is 2.38. The number of aliphatic carboxylic acids is 1. The van der Waals surface area contributed by atoms with Gasteiger partial charge in [0, 0.05) is 5.38 Å². The number of carboxylic acid groups (broad SMARTS) is 1. The molecule has 0 bridgehead atoms. The van der Waals surface area contributed by atoms with Crippen molar-refractivity contribution in [1.82, 2.24) is 4.98 Å². The lowest BCUT2D eigenvalue weighted by atomic mass is 10.3. The molecule has 0 aliphatic rings. The molecule has 1 aromatic heterocycles. The van der Waals surface area contributed by atoms with E-state index in [4.69, 9.17) is 5.11 Å². The van der Waals surface area contributed by atoms with E-state index in [2.05, 4.69) is 11.6 Å². The van der Waals surface area contributed by atoms with Gasteiger partial charge in [0.2, 0.25) is 0 Å². The van der Waals surface area contributed by atoms with Gasteiger partial charge in [-0.25, -0.2) is 4.98 Å². The zero-order valence-corrected chi connectivity index (χ0v) is 6.60. The number of carboxylic acids is 1. The Bertz CT molecular complexity index is 280. The maximum Gasteiger partial charge on any atom is 0.309 e. The Hall–Kier alpha value is -1.16. The number of thiazole rings is 1. The molecule has 1 rings (SSSR count). The summed E-state index contributed by atoms with van der Waals surface area (Å²) in [5.41, 5.74) is 0.595. The van der Waals surface area contributed by atoms with E-state index >= 15 is 0 Å². The lowest BCUT2D eigenvalue weighted by molar-refractivity contribution is -0.136. The molecule has 0 aromatic carbocycles. The van der Waals surface area contributed by atoms with Gasteiger partial charge < -0.3 is 5.11 Å². The van der Waals surface area contributed by atoms with Crippen LogP contribution in [0.3, 0.4) is 0 Å². The van der Waals surface area contributed by atoms with Crippen LogP contribution in [0.2, 0.25) is 0 Å². The average molecular weight is 169 g/mol. The molecule has 58 valence electrons. The number of rotatable bonds is 3. The van der Waals surface area contributed by atoms with Crippen molar-refractivity contribution in [1.29, 1.82) is 0 Å². The molecule has 0 aliphatic heterocycles. The Labute approximate surface area is 68.0 Å². The third-order valence-electron chi connectivity index (χ3n) is 1.08. The van der Waals surface area contributed by atoms with Gasteiger partial charge >= 0.3 is 5.97 Å². The monoisotopic (exact) mass is 169 g/mol. The fourth-order valence-corrected chi connectivity index (χ4v) is 1.31. The first-order valence-electron chi connectivity index (χ1n) is 3.01. The van der Waals surface area contributed by atoms with Gasteiger partial charge in [0.15, 0.2) is 0 Å². The first-order chi connectivity index (χ1) is 5.22. The normalized spacial score (nSPS) is 9.45. The van der Waals surface area contributed by atoms with Gasteiger partial charge in [-0.3, -0.25) is 4.79 Å². The smallest absolute Gasteiger partial charge is 0.309 e. The molecule has 0 saturated carbocycles. The van der Waals surface area contributed by atoms with Crippen LogP contribution in [0.15, 0.2) is 12.0 Å². The highest BCUT2D eigenvalue weighted by Crippen LogP contribution is 2.10. The maximum absolute atomic E-state index is 10.2. The molecular formula is C7H7NO2S. The number of nitrogens with zero attached hydrogens (tertiary/aromatic N) is 1. The zero-order chi connectivity index (χ0) is 8.27. The van der Waals surface area contributed by atoms with Gasteiger partial charge in [-0.15, -0.1) is 11.3 Å². The van der Waals surface area contributed by atoms with Crippen molar-refractivity contribution in [2.45, 2.75) is 6.42 Å². The van der Waals surface area contributed by atoms with Crippen molar-refractivity contribution in [2.75, 3.05) is 0 Å². The summed E-state index contributed by atoms with van der Waals surface area (Å²) in [4.78, 5) is 14.2. The van der Waals surface area contributed by atoms with Crippen LogP contribution in [-0.4, -0.2) is 16.1 Å². The predicted molar refractivity (Wildman–Crippen MR) is 43.5 cm³/mol. The molecule has 1 N–H and O–H groups in total. The van der Waals surface area contributed by atoms with Crippen molar-refractivity contribution < 1.29 is 9.90 Å². The van der Waals surface area contributed by atoms with Crippen LogP contribution in [0.25, 0.3) is 6.08 Å². The van der Waals surface area contributed by atoms with E-state index in [1.54, 1.807) is 11.5 Å². The third kappa shape index (κ3) is 2.16. The van der Waals surface area contributed by atoms with Gasteiger partial charge in [0.05, 0.1) is 12.1 Å². The molecule has 0 unspecified atom stereocenters. The minimum Gasteiger partial charge on any atom is -0.481 e. The summed E-state index contributed by atoms with van der Waals surface area (Å²) in [5, 5.41) is 10.9. The molecule has 0 aliphatic carbocycles. The van der Waals surface area contributed by atoms with Crippen molar-refractivity contribution in [3.8, 4) is 0 Å². The molecule has 0 saturated heterocycles. The molecule has 0 fully saturated rings. The van der Waals surface area contributed by atoms with Crippen LogP contribution in [0, 0.1) is 0 Å². The number of hydrogen-bond acceptors (Lipinski definition) is 3. The second-order valence-electron chi connectivity index (χ2n) is 1.95. The molecular weight excluding hydrogens is 162 g/mol. The Morgan fingerprint density at radius 1 is 1.91 bits per heavy atom. The van der Waals surface area contributed by atoms with Gasteiger partial charge in [0.1, 0.15) is 5.01 Å². The van der Waals surface area contributed by atoms with Gasteiger partial charge in [-0.05, 0) is 6.08 Å². The van der Waals surface area contributed by atoms with Crippen LogP contribution in [0.5, 0.6) is 0 Å². The van der Waals surface area contributed by atoms with Crippen LogP contribution < -0.4 is 0 Å². The highest BCUT2D eigenvalue weighted by Gasteiger charge is 2.03. The number of hydrogen-bond donors (Lipinski definition) is 1. The van der Waals surface area contributed by atoms with Gasteiger partial charge in [-0.2, -0.15) is 0 Å². The lowest BCUT2D eigenvalue weighted by Gasteiger charge is -1.85. The zero-order valence-electron chi connectivity index (χ0n) is 5.78. The Morgan fingerprint density at radius 2 is 2.64 bits per heavy atom. The number of carbonyl (C=O) groups is 1. The topological polar surface area (TPSA) is 50.2 Å². The first kappa shape index (κ1) is 7.94. The summed E-state index contributed by atoms with van der Waals surface area (Å²) in [6.07, 6.45) is 1.60. The molecule has 1 aromatic rings. The summed E-state index contributed by atoms with van der Waals surface area (Å²) < 4.78 is 0. The van der Waals surface area contributed by atoms with E-state index in [-0.39, 0.29) is 6.42 Å². The molecule has 11 heavy (non-hydrogen) atoms. The minimum absolute atomic E-state index is 0.00958. The van der Waals surface area contributed by atoms with E-state index in [1.807, 2.05) is 0 Å². The highest BCUT2D eigenvalue weighted by molar-refractivity contribution is 7.10. The van der Waals surface area contributed by atoms with Crippen LogP contribution in [-0.2, 0) is 11.2 Å². The van der Waals surface area contributed by atoms with Crippen molar-refractivity contribution in [3.63, 3.8) is 0 Å². The molecule has 0 spiro atoms. The average Bonchev–Trinajstić information content (AvgIpc) is 2.34. The van der Waals surface area contributed by atoms with Crippen molar-refractivity contribution >= 4 is 23.4 Å².